The molecule has 1 aromatic rings. The quantitative estimate of drug-likeness (QED) is 0.918. The van der Waals surface area contributed by atoms with Crippen molar-refractivity contribution in [2.45, 2.75) is 45.2 Å². The fourth-order valence-electron chi connectivity index (χ4n) is 2.30. The van der Waals surface area contributed by atoms with Crippen LogP contribution in [-0.4, -0.2) is 31.1 Å². The molecular weight excluding hydrogens is 264 g/mol. The highest BCUT2D eigenvalue weighted by Crippen LogP contribution is 2.30. The van der Waals surface area contributed by atoms with Gasteiger partial charge in [0.15, 0.2) is 0 Å². The average Bonchev–Trinajstić information content (AvgIpc) is 2.86. The predicted octanol–water partition coefficient (Wildman–Crippen LogP) is 3.26. The number of nitrogens with zero attached hydrogens (tertiary/aromatic N) is 1. The van der Waals surface area contributed by atoms with E-state index in [0.29, 0.717) is 11.5 Å². The van der Waals surface area contributed by atoms with E-state index in [1.54, 1.807) is 0 Å². The number of thiophene rings is 1. The third-order valence-electron chi connectivity index (χ3n) is 3.46. The minimum Gasteiger partial charge on any atom is -0.316 e. The van der Waals surface area contributed by atoms with Gasteiger partial charge in [0.2, 0.25) is 0 Å². The summed E-state index contributed by atoms with van der Waals surface area (Å²) in [6.45, 7) is 10.4. The van der Waals surface area contributed by atoms with Crippen LogP contribution in [0.2, 0.25) is 0 Å². The Kier molecular flexibility index (Phi) is 5.66. The number of likely N-dealkylation sites (tertiary alicyclic amines) is 1. The monoisotopic (exact) mass is 288 g/mol. The lowest BCUT2D eigenvalue weighted by atomic mass is 9.95. The zero-order valence-corrected chi connectivity index (χ0v) is 13.5. The molecule has 4 heteroatoms. The summed E-state index contributed by atoms with van der Waals surface area (Å²) in [6, 6.07) is 5.29. The topological polar surface area (TPSA) is 15.3 Å². The van der Waals surface area contributed by atoms with Gasteiger partial charge >= 0.3 is 0 Å². The van der Waals surface area contributed by atoms with Crippen LogP contribution in [-0.2, 0) is 12.0 Å². The van der Waals surface area contributed by atoms with Crippen molar-refractivity contribution in [2.24, 2.45) is 0 Å². The largest absolute Gasteiger partial charge is 0.316 e. The fraction of sp³-hybridized carbons (Fsp3) is 0.714. The highest BCUT2D eigenvalue weighted by atomic mass is 35.5. The molecule has 1 unspecified atom stereocenters. The molecule has 1 aliphatic heterocycles. The van der Waals surface area contributed by atoms with E-state index < -0.39 is 0 Å². The summed E-state index contributed by atoms with van der Waals surface area (Å²) in [4.78, 5) is 5.56. The maximum absolute atomic E-state index is 3.37. The summed E-state index contributed by atoms with van der Waals surface area (Å²) in [5, 5.41) is 3.37. The zero-order valence-electron chi connectivity index (χ0n) is 11.8. The number of likely N-dealkylation sites (N-methyl/N-ethyl adjacent to an activating group) is 1. The number of halogens is 1. The van der Waals surface area contributed by atoms with Gasteiger partial charge in [-0.3, -0.25) is 4.90 Å². The highest BCUT2D eigenvalue weighted by molar-refractivity contribution is 7.12. The van der Waals surface area contributed by atoms with Gasteiger partial charge in [-0.1, -0.05) is 20.8 Å². The molecule has 0 amide bonds. The number of nitrogens with one attached hydrogen (secondary N) is 1. The second kappa shape index (κ2) is 6.38. The zero-order chi connectivity index (χ0) is 12.5. The Labute approximate surface area is 121 Å². The van der Waals surface area contributed by atoms with Crippen molar-refractivity contribution in [3.63, 3.8) is 0 Å². The van der Waals surface area contributed by atoms with Crippen LogP contribution in [0.5, 0.6) is 0 Å². The van der Waals surface area contributed by atoms with Crippen molar-refractivity contribution in [3.05, 3.63) is 21.9 Å². The van der Waals surface area contributed by atoms with E-state index in [1.165, 1.54) is 29.3 Å². The van der Waals surface area contributed by atoms with Gasteiger partial charge in [0, 0.05) is 35.4 Å². The van der Waals surface area contributed by atoms with Gasteiger partial charge in [-0.15, -0.1) is 23.7 Å². The molecule has 1 saturated heterocycles. The van der Waals surface area contributed by atoms with Crippen LogP contribution in [0.15, 0.2) is 12.1 Å². The van der Waals surface area contributed by atoms with Gasteiger partial charge in [-0.25, -0.2) is 0 Å². The minimum absolute atomic E-state index is 0. The first-order valence-electron chi connectivity index (χ1n) is 6.48. The van der Waals surface area contributed by atoms with Crippen molar-refractivity contribution in [1.29, 1.82) is 0 Å². The van der Waals surface area contributed by atoms with Gasteiger partial charge in [-0.2, -0.15) is 0 Å². The first kappa shape index (κ1) is 16.0. The SMILES string of the molecule is CNC1CCN(Cc2ccc(C(C)(C)C)s2)C1.Cl. The van der Waals surface area contributed by atoms with Gasteiger partial charge in [0.05, 0.1) is 0 Å². The van der Waals surface area contributed by atoms with Gasteiger partial charge in [-0.05, 0) is 31.0 Å². The van der Waals surface area contributed by atoms with Crippen LogP contribution in [0.1, 0.15) is 36.9 Å². The van der Waals surface area contributed by atoms with E-state index in [1.807, 2.05) is 11.3 Å². The smallest absolute Gasteiger partial charge is 0.0328 e. The summed E-state index contributed by atoms with van der Waals surface area (Å²) in [7, 11) is 2.07. The van der Waals surface area contributed by atoms with Crippen LogP contribution in [0, 0.1) is 0 Å². The molecule has 0 radical (unpaired) electrons. The summed E-state index contributed by atoms with van der Waals surface area (Å²) in [5.41, 5.74) is 0.293. The molecule has 2 nitrogen and oxygen atoms in total. The molecule has 0 spiro atoms. The maximum atomic E-state index is 3.37. The predicted molar refractivity (Wildman–Crippen MR) is 83.0 cm³/mol. The third-order valence-corrected chi connectivity index (χ3v) is 4.96. The molecule has 2 heterocycles. The Morgan fingerprint density at radius 2 is 2.11 bits per heavy atom. The highest BCUT2D eigenvalue weighted by Gasteiger charge is 2.22. The summed E-state index contributed by atoms with van der Waals surface area (Å²) >= 11 is 1.97. The lowest BCUT2D eigenvalue weighted by molar-refractivity contribution is 0.325. The first-order valence-corrected chi connectivity index (χ1v) is 7.29. The fourth-order valence-corrected chi connectivity index (χ4v) is 3.41. The van der Waals surface area contributed by atoms with Gasteiger partial charge < -0.3 is 5.32 Å². The van der Waals surface area contributed by atoms with Crippen molar-refractivity contribution < 1.29 is 0 Å². The summed E-state index contributed by atoms with van der Waals surface area (Å²) in [5.74, 6) is 0. The molecule has 1 N–H and O–H groups in total. The number of hydrogen-bond donors (Lipinski definition) is 1. The molecule has 0 bridgehead atoms. The van der Waals surface area contributed by atoms with Gasteiger partial charge in [0.25, 0.3) is 0 Å². The Morgan fingerprint density at radius 1 is 1.39 bits per heavy atom. The third kappa shape index (κ3) is 3.95. The van der Waals surface area contributed by atoms with E-state index in [9.17, 15) is 0 Å². The molecule has 1 fully saturated rings. The standard InChI is InChI=1S/C14H24N2S.ClH/c1-14(2,3)13-6-5-12(17-13)10-16-8-7-11(9-16)15-4;/h5-6,11,15H,7-10H2,1-4H3;1H. The molecular formula is C14H25ClN2S. The molecule has 0 saturated carbocycles. The van der Waals surface area contributed by atoms with E-state index >= 15 is 0 Å². The van der Waals surface area contributed by atoms with Crippen LogP contribution in [0.4, 0.5) is 0 Å². The molecule has 0 aromatic carbocycles. The maximum Gasteiger partial charge on any atom is 0.0328 e. The second-order valence-corrected chi connectivity index (χ2v) is 7.19. The molecule has 2 rings (SSSR count). The number of hydrogen-bond acceptors (Lipinski definition) is 3. The van der Waals surface area contributed by atoms with E-state index in [-0.39, 0.29) is 12.4 Å². The number of rotatable bonds is 3. The Balaban J connectivity index is 0.00000162. The lowest BCUT2D eigenvalue weighted by Crippen LogP contribution is -2.29. The Hall–Kier alpha value is -0.0900. The summed E-state index contributed by atoms with van der Waals surface area (Å²) in [6.07, 6.45) is 1.29. The van der Waals surface area contributed by atoms with Crippen molar-refractivity contribution in [2.75, 3.05) is 20.1 Å². The van der Waals surface area contributed by atoms with E-state index in [4.69, 9.17) is 0 Å². The van der Waals surface area contributed by atoms with E-state index in [2.05, 4.69) is 50.2 Å². The minimum atomic E-state index is 0. The molecule has 1 atom stereocenters. The van der Waals surface area contributed by atoms with E-state index in [0.717, 1.165) is 6.54 Å². The van der Waals surface area contributed by atoms with Gasteiger partial charge in [0.1, 0.15) is 0 Å². The van der Waals surface area contributed by atoms with Crippen LogP contribution >= 0.6 is 23.7 Å². The summed E-state index contributed by atoms with van der Waals surface area (Å²) < 4.78 is 0. The Morgan fingerprint density at radius 3 is 2.61 bits per heavy atom. The van der Waals surface area contributed by atoms with Crippen LogP contribution in [0.25, 0.3) is 0 Å². The van der Waals surface area contributed by atoms with Crippen LogP contribution < -0.4 is 5.32 Å². The van der Waals surface area contributed by atoms with Crippen molar-refractivity contribution >= 4 is 23.7 Å². The molecule has 0 aliphatic carbocycles. The normalized spacial score (nSPS) is 21.0. The molecule has 1 aromatic heterocycles. The molecule has 104 valence electrons. The van der Waals surface area contributed by atoms with Crippen molar-refractivity contribution in [1.82, 2.24) is 10.2 Å². The molecule has 18 heavy (non-hydrogen) atoms. The lowest BCUT2D eigenvalue weighted by Gasteiger charge is -2.16. The average molecular weight is 289 g/mol. The second-order valence-electron chi connectivity index (χ2n) is 6.03. The molecule has 1 aliphatic rings. The van der Waals surface area contributed by atoms with Crippen molar-refractivity contribution in [3.8, 4) is 0 Å². The van der Waals surface area contributed by atoms with Crippen LogP contribution in [0.3, 0.4) is 0 Å². The Bertz CT molecular complexity index is 370. The first-order chi connectivity index (χ1) is 7.99.